The highest BCUT2D eigenvalue weighted by molar-refractivity contribution is 5.89. The van der Waals surface area contributed by atoms with E-state index < -0.39 is 5.97 Å². The van der Waals surface area contributed by atoms with E-state index in [0.29, 0.717) is 38.9 Å². The Morgan fingerprint density at radius 2 is 1.89 bits per heavy atom. The number of anilines is 1. The number of likely N-dealkylation sites (tertiary alicyclic amines) is 1. The Morgan fingerprint density at radius 1 is 1.15 bits per heavy atom. The highest BCUT2D eigenvalue weighted by Gasteiger charge is 2.43. The standard InChI is InChI=1S/C19H26N4O4/c1-21-11-12-23(18(27)20-15-5-3-2-4-6-15)14-19(21)8-7-16(24)22(10-9-19)13-17(25)26/h2-6H,7-14H2,1H3,(H,20,27)(H,25,26). The van der Waals surface area contributed by atoms with Crippen LogP contribution in [0.5, 0.6) is 0 Å². The first-order chi connectivity index (χ1) is 12.9. The lowest BCUT2D eigenvalue weighted by molar-refractivity contribution is -0.144. The molecule has 3 amide bonds. The second-order valence-electron chi connectivity index (χ2n) is 7.32. The van der Waals surface area contributed by atoms with E-state index >= 15 is 0 Å². The molecular formula is C19H26N4O4. The van der Waals surface area contributed by atoms with Crippen LogP contribution in [-0.2, 0) is 9.59 Å². The van der Waals surface area contributed by atoms with E-state index in [0.717, 1.165) is 12.2 Å². The number of urea groups is 1. The molecule has 8 nitrogen and oxygen atoms in total. The number of nitrogens with zero attached hydrogens (tertiary/aromatic N) is 3. The molecule has 3 rings (SSSR count). The number of piperazine rings is 1. The van der Waals surface area contributed by atoms with Crippen LogP contribution in [0, 0.1) is 0 Å². The number of carboxylic acid groups (broad SMARTS) is 1. The Balaban J connectivity index is 1.70. The zero-order chi connectivity index (χ0) is 19.4. The molecule has 2 fully saturated rings. The van der Waals surface area contributed by atoms with Crippen LogP contribution in [0.25, 0.3) is 0 Å². The summed E-state index contributed by atoms with van der Waals surface area (Å²) in [4.78, 5) is 41.4. The van der Waals surface area contributed by atoms with Crippen molar-refractivity contribution in [1.29, 1.82) is 0 Å². The predicted octanol–water partition coefficient (Wildman–Crippen LogP) is 1.30. The van der Waals surface area contributed by atoms with Crippen molar-refractivity contribution in [3.63, 3.8) is 0 Å². The number of carboxylic acids is 1. The topological polar surface area (TPSA) is 93.2 Å². The van der Waals surface area contributed by atoms with E-state index in [1.807, 2.05) is 37.4 Å². The average Bonchev–Trinajstić information content (AvgIpc) is 2.79. The number of rotatable bonds is 3. The van der Waals surface area contributed by atoms with Gasteiger partial charge in [0.15, 0.2) is 0 Å². The molecule has 0 radical (unpaired) electrons. The summed E-state index contributed by atoms with van der Waals surface area (Å²) in [5, 5.41) is 11.9. The van der Waals surface area contributed by atoms with Crippen LogP contribution in [0.3, 0.4) is 0 Å². The Morgan fingerprint density at radius 3 is 2.59 bits per heavy atom. The number of nitrogens with one attached hydrogen (secondary N) is 1. The summed E-state index contributed by atoms with van der Waals surface area (Å²) in [5.41, 5.74) is 0.439. The van der Waals surface area contributed by atoms with Gasteiger partial charge in [-0.2, -0.15) is 0 Å². The molecule has 1 aromatic rings. The molecule has 1 atom stereocenters. The molecule has 0 aliphatic carbocycles. The van der Waals surface area contributed by atoms with Crippen LogP contribution < -0.4 is 5.32 Å². The third-order valence-electron chi connectivity index (χ3n) is 5.64. The van der Waals surface area contributed by atoms with E-state index in [2.05, 4.69) is 10.2 Å². The summed E-state index contributed by atoms with van der Waals surface area (Å²) >= 11 is 0. The normalized spacial score (nSPS) is 24.0. The summed E-state index contributed by atoms with van der Waals surface area (Å²) in [6.07, 6.45) is 1.57. The van der Waals surface area contributed by atoms with E-state index in [9.17, 15) is 14.4 Å². The third-order valence-corrected chi connectivity index (χ3v) is 5.64. The lowest BCUT2D eigenvalue weighted by Gasteiger charge is -2.49. The van der Waals surface area contributed by atoms with Crippen LogP contribution in [0.4, 0.5) is 10.5 Å². The zero-order valence-corrected chi connectivity index (χ0v) is 15.6. The molecule has 8 heteroatoms. The van der Waals surface area contributed by atoms with Gasteiger partial charge in [0.2, 0.25) is 5.91 Å². The highest BCUT2D eigenvalue weighted by atomic mass is 16.4. The third kappa shape index (κ3) is 4.39. The van der Waals surface area contributed by atoms with Gasteiger partial charge in [-0.1, -0.05) is 18.2 Å². The monoisotopic (exact) mass is 374 g/mol. The fourth-order valence-electron chi connectivity index (χ4n) is 3.92. The predicted molar refractivity (Wildman–Crippen MR) is 100 cm³/mol. The molecule has 2 aliphatic rings. The molecular weight excluding hydrogens is 348 g/mol. The highest BCUT2D eigenvalue weighted by Crippen LogP contribution is 2.32. The summed E-state index contributed by atoms with van der Waals surface area (Å²) in [6, 6.07) is 9.18. The van der Waals surface area contributed by atoms with Crippen LogP contribution >= 0.6 is 0 Å². The number of hydrogen-bond donors (Lipinski definition) is 2. The van der Waals surface area contributed by atoms with Gasteiger partial charge in [-0.25, -0.2) is 4.79 Å². The minimum absolute atomic E-state index is 0.131. The second-order valence-corrected chi connectivity index (χ2v) is 7.32. The van der Waals surface area contributed by atoms with Gasteiger partial charge < -0.3 is 20.2 Å². The maximum absolute atomic E-state index is 12.7. The first-order valence-electron chi connectivity index (χ1n) is 9.21. The minimum atomic E-state index is -1.000. The van der Waals surface area contributed by atoms with Gasteiger partial charge in [-0.05, 0) is 32.0 Å². The van der Waals surface area contributed by atoms with Crippen molar-refractivity contribution in [1.82, 2.24) is 14.7 Å². The Bertz CT molecular complexity index is 711. The van der Waals surface area contributed by atoms with E-state index in [1.165, 1.54) is 4.90 Å². The van der Waals surface area contributed by atoms with Crippen LogP contribution in [-0.4, -0.2) is 83.0 Å². The van der Waals surface area contributed by atoms with Gasteiger partial charge in [0, 0.05) is 43.8 Å². The Labute approximate surface area is 158 Å². The fourth-order valence-corrected chi connectivity index (χ4v) is 3.92. The molecule has 0 bridgehead atoms. The lowest BCUT2D eigenvalue weighted by Crippen LogP contribution is -2.62. The number of para-hydroxylation sites is 1. The summed E-state index contributed by atoms with van der Waals surface area (Å²) in [6.45, 7) is 1.98. The van der Waals surface area contributed by atoms with Crippen molar-refractivity contribution < 1.29 is 19.5 Å². The van der Waals surface area contributed by atoms with Gasteiger partial charge >= 0.3 is 12.0 Å². The van der Waals surface area contributed by atoms with Gasteiger partial charge in [0.1, 0.15) is 6.54 Å². The van der Waals surface area contributed by atoms with Crippen LogP contribution in [0.2, 0.25) is 0 Å². The Kier molecular flexibility index (Phi) is 5.65. The van der Waals surface area contributed by atoms with Crippen LogP contribution in [0.15, 0.2) is 30.3 Å². The summed E-state index contributed by atoms with van der Waals surface area (Å²) < 4.78 is 0. The van der Waals surface area contributed by atoms with Crippen molar-refractivity contribution in [3.8, 4) is 0 Å². The molecule has 2 saturated heterocycles. The molecule has 0 saturated carbocycles. The lowest BCUT2D eigenvalue weighted by atomic mass is 9.86. The molecule has 146 valence electrons. The number of benzene rings is 1. The second kappa shape index (κ2) is 7.96. The SMILES string of the molecule is CN1CCN(C(=O)Nc2ccccc2)CC12CCC(=O)N(CC(=O)O)CC2. The van der Waals surface area contributed by atoms with Crippen molar-refractivity contribution in [2.75, 3.05) is 45.1 Å². The molecule has 1 aromatic carbocycles. The van der Waals surface area contributed by atoms with Gasteiger partial charge in [-0.3, -0.25) is 14.5 Å². The van der Waals surface area contributed by atoms with Crippen molar-refractivity contribution in [3.05, 3.63) is 30.3 Å². The molecule has 0 aromatic heterocycles. The molecule has 27 heavy (non-hydrogen) atoms. The summed E-state index contributed by atoms with van der Waals surface area (Å²) in [7, 11) is 2.02. The number of hydrogen-bond acceptors (Lipinski definition) is 4. The maximum atomic E-state index is 12.7. The fraction of sp³-hybridized carbons (Fsp3) is 0.526. The maximum Gasteiger partial charge on any atom is 0.323 e. The van der Waals surface area contributed by atoms with Gasteiger partial charge in [-0.15, -0.1) is 0 Å². The van der Waals surface area contributed by atoms with Gasteiger partial charge in [0.25, 0.3) is 0 Å². The minimum Gasteiger partial charge on any atom is -0.480 e. The van der Waals surface area contributed by atoms with Crippen LogP contribution in [0.1, 0.15) is 19.3 Å². The number of likely N-dealkylation sites (N-methyl/N-ethyl adjacent to an activating group) is 1. The van der Waals surface area contributed by atoms with Crippen molar-refractivity contribution in [2.24, 2.45) is 0 Å². The quantitative estimate of drug-likeness (QED) is 0.832. The van der Waals surface area contributed by atoms with E-state index in [-0.39, 0.29) is 24.0 Å². The first-order valence-corrected chi connectivity index (χ1v) is 9.21. The largest absolute Gasteiger partial charge is 0.480 e. The molecule has 1 unspecified atom stereocenters. The first kappa shape index (κ1) is 19.2. The molecule has 1 spiro atoms. The Hall–Kier alpha value is -2.61. The zero-order valence-electron chi connectivity index (χ0n) is 15.6. The van der Waals surface area contributed by atoms with Crippen molar-refractivity contribution in [2.45, 2.75) is 24.8 Å². The molecule has 2 aliphatic heterocycles. The smallest absolute Gasteiger partial charge is 0.323 e. The van der Waals surface area contributed by atoms with E-state index in [4.69, 9.17) is 5.11 Å². The summed E-state index contributed by atoms with van der Waals surface area (Å²) in [5.74, 6) is -1.13. The average molecular weight is 374 g/mol. The number of aliphatic carboxylic acids is 1. The number of carbonyl (C=O) groups excluding carboxylic acids is 2. The molecule has 2 N–H and O–H groups in total. The molecule has 2 heterocycles. The number of amides is 3. The van der Waals surface area contributed by atoms with Crippen molar-refractivity contribution >= 4 is 23.6 Å². The van der Waals surface area contributed by atoms with Gasteiger partial charge in [0.05, 0.1) is 0 Å². The number of carbonyl (C=O) groups is 3. The van der Waals surface area contributed by atoms with E-state index in [1.54, 1.807) is 4.90 Å².